The maximum atomic E-state index is 13.1. The largest absolute Gasteiger partial charge is 0.490 e. The summed E-state index contributed by atoms with van der Waals surface area (Å²) >= 11 is 1.52. The third-order valence-electron chi connectivity index (χ3n) is 4.86. The van der Waals surface area contributed by atoms with Gasteiger partial charge in [-0.25, -0.2) is 9.79 Å². The van der Waals surface area contributed by atoms with Crippen molar-refractivity contribution in [1.29, 1.82) is 0 Å². The Morgan fingerprint density at radius 1 is 1.23 bits per heavy atom. The molecule has 1 atom stereocenters. The SMILES string of the molecule is CCOc1ccc(C2C(C(=O)OCC(C)C)=C(C)N=C3SCCC(=O)N32)cc1OCC. The van der Waals surface area contributed by atoms with Crippen LogP contribution < -0.4 is 9.47 Å². The van der Waals surface area contributed by atoms with Gasteiger partial charge in [-0.1, -0.05) is 31.7 Å². The van der Waals surface area contributed by atoms with E-state index in [4.69, 9.17) is 14.2 Å². The Morgan fingerprint density at radius 3 is 2.61 bits per heavy atom. The standard InChI is InChI=1S/C23H30N2O5S/c1-6-28-17-9-8-16(12-18(17)29-7-2)21-20(22(27)30-13-14(3)4)15(5)24-23-25(21)19(26)10-11-31-23/h8-9,12,14,21H,6-7,10-11,13H2,1-5H3. The quantitative estimate of drug-likeness (QED) is 0.553. The molecule has 31 heavy (non-hydrogen) atoms. The smallest absolute Gasteiger partial charge is 0.338 e. The number of thioether (sulfide) groups is 1. The van der Waals surface area contributed by atoms with E-state index in [2.05, 4.69) is 4.99 Å². The van der Waals surface area contributed by atoms with Crippen molar-refractivity contribution >= 4 is 28.8 Å². The van der Waals surface area contributed by atoms with Crippen molar-refractivity contribution in [3.8, 4) is 11.5 Å². The summed E-state index contributed by atoms with van der Waals surface area (Å²) in [6.07, 6.45) is 0.392. The number of carbonyl (C=O) groups is 2. The van der Waals surface area contributed by atoms with Gasteiger partial charge in [-0.15, -0.1) is 0 Å². The Balaban J connectivity index is 2.10. The lowest BCUT2D eigenvalue weighted by atomic mass is 9.93. The van der Waals surface area contributed by atoms with Crippen molar-refractivity contribution in [1.82, 2.24) is 4.90 Å². The van der Waals surface area contributed by atoms with Gasteiger partial charge in [0.15, 0.2) is 16.7 Å². The molecular formula is C23H30N2O5S. The highest BCUT2D eigenvalue weighted by atomic mass is 32.2. The average molecular weight is 447 g/mol. The van der Waals surface area contributed by atoms with Crippen molar-refractivity contribution in [3.05, 3.63) is 35.0 Å². The zero-order chi connectivity index (χ0) is 22.5. The van der Waals surface area contributed by atoms with Gasteiger partial charge in [-0.05, 0) is 44.4 Å². The number of allylic oxidation sites excluding steroid dienone is 1. The number of amides is 1. The number of hydrogen-bond acceptors (Lipinski definition) is 7. The third kappa shape index (κ3) is 5.06. The lowest BCUT2D eigenvalue weighted by Crippen LogP contribution is -2.45. The predicted molar refractivity (Wildman–Crippen MR) is 121 cm³/mol. The molecule has 1 amide bonds. The van der Waals surface area contributed by atoms with Crippen LogP contribution in [-0.2, 0) is 14.3 Å². The van der Waals surface area contributed by atoms with E-state index in [0.717, 1.165) is 5.56 Å². The van der Waals surface area contributed by atoms with E-state index < -0.39 is 12.0 Å². The summed E-state index contributed by atoms with van der Waals surface area (Å²) in [4.78, 5) is 32.2. The Kier molecular flexibility index (Phi) is 7.64. The molecule has 168 valence electrons. The van der Waals surface area contributed by atoms with E-state index in [-0.39, 0.29) is 11.8 Å². The highest BCUT2D eigenvalue weighted by Crippen LogP contribution is 2.42. The molecular weight excluding hydrogens is 416 g/mol. The number of ether oxygens (including phenoxy) is 3. The molecule has 2 heterocycles. The van der Waals surface area contributed by atoms with Crippen LogP contribution in [0.2, 0.25) is 0 Å². The number of esters is 1. The van der Waals surface area contributed by atoms with Gasteiger partial charge >= 0.3 is 5.97 Å². The second kappa shape index (κ2) is 10.2. The molecule has 0 bridgehead atoms. The van der Waals surface area contributed by atoms with E-state index in [1.807, 2.05) is 45.9 Å². The van der Waals surface area contributed by atoms with E-state index in [1.165, 1.54) is 11.8 Å². The van der Waals surface area contributed by atoms with Crippen LogP contribution in [0.3, 0.4) is 0 Å². The van der Waals surface area contributed by atoms with Crippen molar-refractivity contribution in [3.63, 3.8) is 0 Å². The summed E-state index contributed by atoms with van der Waals surface area (Å²) in [5, 5.41) is 0.617. The normalized spacial score (nSPS) is 18.6. The Hall–Kier alpha value is -2.48. The molecule has 1 saturated heterocycles. The van der Waals surface area contributed by atoms with Gasteiger partial charge in [-0.2, -0.15) is 0 Å². The molecule has 1 unspecified atom stereocenters. The van der Waals surface area contributed by atoms with Crippen LogP contribution in [0.1, 0.15) is 52.6 Å². The number of benzene rings is 1. The number of aliphatic imine (C=N–C) groups is 1. The van der Waals surface area contributed by atoms with Gasteiger partial charge in [0.25, 0.3) is 0 Å². The Labute approximate surface area is 187 Å². The van der Waals surface area contributed by atoms with Crippen LogP contribution in [-0.4, -0.2) is 47.5 Å². The maximum absolute atomic E-state index is 13.1. The first-order valence-corrected chi connectivity index (χ1v) is 11.7. The third-order valence-corrected chi connectivity index (χ3v) is 5.81. The van der Waals surface area contributed by atoms with Gasteiger partial charge in [-0.3, -0.25) is 9.69 Å². The zero-order valence-corrected chi connectivity index (χ0v) is 19.6. The fraction of sp³-hybridized carbons (Fsp3) is 0.522. The number of fused-ring (bicyclic) bond motifs is 1. The van der Waals surface area contributed by atoms with Gasteiger partial charge in [0.1, 0.15) is 0 Å². The summed E-state index contributed by atoms with van der Waals surface area (Å²) < 4.78 is 17.0. The lowest BCUT2D eigenvalue weighted by molar-refractivity contribution is -0.141. The van der Waals surface area contributed by atoms with Crippen molar-refractivity contribution in [2.75, 3.05) is 25.6 Å². The van der Waals surface area contributed by atoms with E-state index >= 15 is 0 Å². The Morgan fingerprint density at radius 2 is 1.94 bits per heavy atom. The van der Waals surface area contributed by atoms with Crippen molar-refractivity contribution in [2.24, 2.45) is 10.9 Å². The second-order valence-electron chi connectivity index (χ2n) is 7.72. The molecule has 0 spiro atoms. The fourth-order valence-corrected chi connectivity index (χ4v) is 4.54. The fourth-order valence-electron chi connectivity index (χ4n) is 3.53. The first-order chi connectivity index (χ1) is 14.9. The molecule has 3 rings (SSSR count). The lowest BCUT2D eigenvalue weighted by Gasteiger charge is -2.39. The van der Waals surface area contributed by atoms with Crippen LogP contribution in [0.25, 0.3) is 0 Å². The number of nitrogens with zero attached hydrogens (tertiary/aromatic N) is 2. The molecule has 8 heteroatoms. The van der Waals surface area contributed by atoms with E-state index in [0.29, 0.717) is 59.9 Å². The molecule has 2 aliphatic heterocycles. The molecule has 0 aromatic heterocycles. The number of carbonyl (C=O) groups excluding carboxylic acids is 2. The first kappa shape index (κ1) is 23.2. The molecule has 0 saturated carbocycles. The Bertz CT molecular complexity index is 909. The monoisotopic (exact) mass is 446 g/mol. The maximum Gasteiger partial charge on any atom is 0.338 e. The minimum Gasteiger partial charge on any atom is -0.490 e. The van der Waals surface area contributed by atoms with Crippen molar-refractivity contribution in [2.45, 2.75) is 47.1 Å². The predicted octanol–water partition coefficient (Wildman–Crippen LogP) is 4.33. The topological polar surface area (TPSA) is 77.4 Å². The number of rotatable bonds is 8. The summed E-state index contributed by atoms with van der Waals surface area (Å²) in [5.41, 5.74) is 1.71. The molecule has 1 fully saturated rings. The zero-order valence-electron chi connectivity index (χ0n) is 18.8. The van der Waals surface area contributed by atoms with Crippen molar-refractivity contribution < 1.29 is 23.8 Å². The first-order valence-electron chi connectivity index (χ1n) is 10.7. The second-order valence-corrected chi connectivity index (χ2v) is 8.78. The van der Waals surface area contributed by atoms with E-state index in [1.54, 1.807) is 11.8 Å². The molecule has 1 aromatic carbocycles. The van der Waals surface area contributed by atoms with Crippen LogP contribution >= 0.6 is 11.8 Å². The summed E-state index contributed by atoms with van der Waals surface area (Å²) in [6, 6.07) is 4.92. The summed E-state index contributed by atoms with van der Waals surface area (Å²) in [5.74, 6) is 1.57. The number of amidine groups is 1. The molecule has 2 aliphatic rings. The molecule has 7 nitrogen and oxygen atoms in total. The molecule has 0 N–H and O–H groups in total. The van der Waals surface area contributed by atoms with Crippen LogP contribution in [0.15, 0.2) is 34.5 Å². The van der Waals surface area contributed by atoms with Crippen LogP contribution in [0.4, 0.5) is 0 Å². The van der Waals surface area contributed by atoms with Gasteiger partial charge in [0, 0.05) is 12.2 Å². The molecule has 1 aromatic rings. The molecule has 0 aliphatic carbocycles. The van der Waals surface area contributed by atoms with Gasteiger partial charge in [0.05, 0.1) is 37.1 Å². The highest BCUT2D eigenvalue weighted by molar-refractivity contribution is 8.14. The van der Waals surface area contributed by atoms with Gasteiger partial charge < -0.3 is 14.2 Å². The highest BCUT2D eigenvalue weighted by Gasteiger charge is 2.42. The van der Waals surface area contributed by atoms with Crippen LogP contribution in [0.5, 0.6) is 11.5 Å². The van der Waals surface area contributed by atoms with Gasteiger partial charge in [0.2, 0.25) is 5.91 Å². The summed E-state index contributed by atoms with van der Waals surface area (Å²) in [6.45, 7) is 10.8. The van der Waals surface area contributed by atoms with Crippen LogP contribution in [0, 0.1) is 5.92 Å². The average Bonchev–Trinajstić information content (AvgIpc) is 2.73. The number of hydrogen-bond donors (Lipinski definition) is 0. The van der Waals surface area contributed by atoms with E-state index in [9.17, 15) is 9.59 Å². The summed E-state index contributed by atoms with van der Waals surface area (Å²) in [7, 11) is 0. The molecule has 0 radical (unpaired) electrons. The minimum atomic E-state index is -0.623. The minimum absolute atomic E-state index is 0.0593.